The van der Waals surface area contributed by atoms with Crippen LogP contribution in [-0.4, -0.2) is 19.9 Å². The van der Waals surface area contributed by atoms with Crippen LogP contribution in [-0.2, 0) is 91.3 Å². The average molecular weight is 1840 g/mol. The summed E-state index contributed by atoms with van der Waals surface area (Å²) in [5.41, 5.74) is 16.3. The first-order valence-corrected chi connectivity index (χ1v) is 28.5. The van der Waals surface area contributed by atoms with Crippen LogP contribution >= 0.6 is 11.3 Å². The molecule has 0 N–H and O–H groups in total. The number of aromatic nitrogens is 4. The fourth-order valence-corrected chi connectivity index (χ4v) is 11.6. The third-order valence-electron chi connectivity index (χ3n) is 15.1. The maximum Gasteiger partial charge on any atom is 0.0240 e. The number of nitrogens with zero attached hydrogens (tertiary/aromatic N) is 4. The van der Waals surface area contributed by atoms with Gasteiger partial charge in [-0.2, -0.15) is 0 Å². The van der Waals surface area contributed by atoms with Gasteiger partial charge in [-0.05, 0) is 88.2 Å². The van der Waals surface area contributed by atoms with Crippen molar-refractivity contribution in [3.8, 4) is 66.6 Å². The van der Waals surface area contributed by atoms with Crippen LogP contribution in [0.15, 0.2) is 261 Å². The second-order valence-electron chi connectivity index (χ2n) is 21.9. The summed E-state index contributed by atoms with van der Waals surface area (Å²) in [4.78, 5) is 19.2. The number of fused-ring (bicyclic) bond motifs is 7. The van der Waals surface area contributed by atoms with Crippen molar-refractivity contribution in [3.63, 3.8) is 0 Å². The summed E-state index contributed by atoms with van der Waals surface area (Å²) < 4.78 is 1.25. The van der Waals surface area contributed by atoms with Crippen LogP contribution in [0, 0.1) is 24.3 Å². The van der Waals surface area contributed by atoms with Crippen LogP contribution in [0.2, 0.25) is 0 Å². The molecule has 0 unspecified atom stereocenters. The number of hydrogen-bond acceptors (Lipinski definition) is 5. The van der Waals surface area contributed by atoms with Gasteiger partial charge in [-0.15, -0.1) is 118 Å². The molecule has 15 rings (SSSR count). The molecule has 1 aliphatic carbocycles. The molecule has 0 saturated carbocycles. The largest absolute Gasteiger partial charge is 0.304 e. The molecule has 9 aromatic carbocycles. The molecule has 0 aliphatic heterocycles. The van der Waals surface area contributed by atoms with Gasteiger partial charge in [0.05, 0.1) is 0 Å². The molecule has 0 spiro atoms. The predicted octanol–water partition coefficient (Wildman–Crippen LogP) is 20.1. The van der Waals surface area contributed by atoms with E-state index in [4.69, 9.17) is 0 Å². The second-order valence-corrected chi connectivity index (χ2v) is 22.9. The van der Waals surface area contributed by atoms with Crippen molar-refractivity contribution in [2.24, 2.45) is 0 Å². The van der Waals surface area contributed by atoms with E-state index < -0.39 is 0 Å². The molecule has 0 bridgehead atoms. The molecule has 9 heteroatoms. The first-order chi connectivity index (χ1) is 40.0. The van der Waals surface area contributed by atoms with Crippen molar-refractivity contribution in [1.82, 2.24) is 19.9 Å². The van der Waals surface area contributed by atoms with E-state index in [0.29, 0.717) is 0 Å². The first kappa shape index (κ1) is 64.9. The number of benzene rings is 9. The molecule has 4 radical (unpaired) electrons. The Morgan fingerprint density at radius 2 is 1.01 bits per heavy atom. The van der Waals surface area contributed by atoms with E-state index in [0.717, 1.165) is 60.7 Å². The smallest absolute Gasteiger partial charge is 0.0240 e. The molecular formula is C77H58Ir4N4S-4. The average Bonchev–Trinajstić information content (AvgIpc) is 1.71. The molecule has 0 saturated heterocycles. The molecule has 5 heterocycles. The van der Waals surface area contributed by atoms with Gasteiger partial charge in [-0.1, -0.05) is 214 Å². The minimum atomic E-state index is 0. The van der Waals surface area contributed by atoms with E-state index in [1.54, 1.807) is 17.5 Å². The van der Waals surface area contributed by atoms with Gasteiger partial charge in [0.1, 0.15) is 0 Å². The number of pyridine rings is 4. The Kier molecular flexibility index (Phi) is 21.9. The van der Waals surface area contributed by atoms with Crippen LogP contribution in [0.1, 0.15) is 51.3 Å². The molecule has 4 nitrogen and oxygen atoms in total. The maximum atomic E-state index is 4.67. The SMILES string of the molecule is CC(C)(C)c1c[c-]c(-c2nccc3ccccc23)cc1.CC1(C)c2ccccc2-c2c[c-]c(-c3nccc4ccccc34)cc21.[Ir].[Ir].[Ir].[Ir].[c-]1c(-c2ccc(-c3ccccc3)cn2)sc2ccccc12.[c-]1c(-c2ccccn2)ccc2ccccc12. The third-order valence-corrected chi connectivity index (χ3v) is 16.2. The van der Waals surface area contributed by atoms with Crippen LogP contribution < -0.4 is 0 Å². The van der Waals surface area contributed by atoms with E-state index >= 15 is 0 Å². The molecule has 1 aliphatic rings. The Balaban J connectivity index is 0.000000148. The number of thiophene rings is 1. The normalized spacial score (nSPS) is 11.5. The molecule has 5 aromatic heterocycles. The Morgan fingerprint density at radius 1 is 0.407 bits per heavy atom. The van der Waals surface area contributed by atoms with Gasteiger partial charge in [0.2, 0.25) is 0 Å². The monoisotopic (exact) mass is 1840 g/mol. The quantitative estimate of drug-likeness (QED) is 0.161. The third kappa shape index (κ3) is 14.3. The van der Waals surface area contributed by atoms with E-state index in [1.807, 2.05) is 79.3 Å². The van der Waals surface area contributed by atoms with Gasteiger partial charge in [0, 0.05) is 117 Å². The molecule has 86 heavy (non-hydrogen) atoms. The number of hydrogen-bond donors (Lipinski definition) is 0. The Bertz CT molecular complexity index is 4480. The Labute approximate surface area is 563 Å². The first-order valence-electron chi connectivity index (χ1n) is 27.7. The van der Waals surface area contributed by atoms with E-state index in [1.165, 1.54) is 65.0 Å². The fourth-order valence-electron chi connectivity index (χ4n) is 10.6. The van der Waals surface area contributed by atoms with Crippen molar-refractivity contribution >= 4 is 53.7 Å². The summed E-state index contributed by atoms with van der Waals surface area (Å²) in [7, 11) is 0. The van der Waals surface area contributed by atoms with Gasteiger partial charge in [0.25, 0.3) is 0 Å². The zero-order valence-corrected chi connectivity index (χ0v) is 58.3. The minimum Gasteiger partial charge on any atom is -0.304 e. The van der Waals surface area contributed by atoms with Crippen molar-refractivity contribution < 1.29 is 80.4 Å². The topological polar surface area (TPSA) is 51.6 Å². The van der Waals surface area contributed by atoms with Crippen molar-refractivity contribution in [1.29, 1.82) is 0 Å². The van der Waals surface area contributed by atoms with Gasteiger partial charge in [0.15, 0.2) is 0 Å². The second kappa shape index (κ2) is 29.1. The summed E-state index contributed by atoms with van der Waals surface area (Å²) >= 11 is 1.73. The van der Waals surface area contributed by atoms with Crippen LogP contribution in [0.25, 0.3) is 109 Å². The molecule has 0 atom stereocenters. The molecule has 0 fully saturated rings. The van der Waals surface area contributed by atoms with Crippen molar-refractivity contribution in [2.75, 3.05) is 0 Å². The standard InChI is InChI=1S/C24H18N.C19H12NS.C19H18N.C15H10N.4Ir/c1-24(2)21-10-6-5-9-19(21)20-12-11-17(15-22(20)24)23-18-8-4-3-7-16(18)13-14-25-23;1-2-6-14(7-3-1)16-10-11-17(20-13-16)19-12-15-8-4-5-9-18(15)21-19;1-19(2,3)16-10-8-15(9-11-16)18-17-7-5-4-6-14(17)12-13-20-18;1-2-6-13-11-14(9-8-12(13)5-1)15-7-3-4-10-16-15;;;;/h3-10,12-15H,1-2H3;1-11,13H;4-8,10-13H,1-3H3;1-10H;;;;/q4*-1;;;;. The molecule has 14 aromatic rings. The zero-order valence-electron chi connectivity index (χ0n) is 47.9. The summed E-state index contributed by atoms with van der Waals surface area (Å²) in [5, 5.41) is 8.28. The van der Waals surface area contributed by atoms with Gasteiger partial charge in [-0.3, -0.25) is 4.98 Å². The Hall–Kier alpha value is -7.08. The maximum absolute atomic E-state index is 4.67. The molecule has 432 valence electrons. The molecular weight excluding hydrogens is 1780 g/mol. The van der Waals surface area contributed by atoms with Gasteiger partial charge >= 0.3 is 0 Å². The minimum absolute atomic E-state index is 0. The summed E-state index contributed by atoms with van der Waals surface area (Å²) in [6, 6.07) is 95.2. The Morgan fingerprint density at radius 3 is 1.66 bits per heavy atom. The predicted molar refractivity (Wildman–Crippen MR) is 344 cm³/mol. The van der Waals surface area contributed by atoms with Crippen LogP contribution in [0.3, 0.4) is 0 Å². The van der Waals surface area contributed by atoms with Crippen LogP contribution in [0.5, 0.6) is 0 Å². The van der Waals surface area contributed by atoms with Crippen molar-refractivity contribution in [2.45, 2.75) is 45.4 Å². The molecule has 0 amide bonds. The summed E-state index contributed by atoms with van der Waals surface area (Å²) in [5.74, 6) is 0. The fraction of sp³-hybridized carbons (Fsp3) is 0.0909. The summed E-state index contributed by atoms with van der Waals surface area (Å²) in [6.07, 6.45) is 7.49. The van der Waals surface area contributed by atoms with Gasteiger partial charge < -0.3 is 15.0 Å². The summed E-state index contributed by atoms with van der Waals surface area (Å²) in [6.45, 7) is 11.2. The van der Waals surface area contributed by atoms with Gasteiger partial charge in [-0.25, -0.2) is 11.3 Å². The number of rotatable bonds is 5. The van der Waals surface area contributed by atoms with Crippen molar-refractivity contribution in [3.05, 3.63) is 302 Å². The van der Waals surface area contributed by atoms with Crippen LogP contribution in [0.4, 0.5) is 0 Å². The van der Waals surface area contributed by atoms with E-state index in [-0.39, 0.29) is 91.3 Å². The zero-order chi connectivity index (χ0) is 56.0. The van der Waals surface area contributed by atoms with E-state index in [2.05, 4.69) is 255 Å². The van der Waals surface area contributed by atoms with E-state index in [9.17, 15) is 0 Å².